The van der Waals surface area contributed by atoms with E-state index in [1.807, 2.05) is 12.1 Å². The van der Waals surface area contributed by atoms with E-state index in [2.05, 4.69) is 33.3 Å². The second-order valence-corrected chi connectivity index (χ2v) is 9.70. The number of anilines is 1. The predicted molar refractivity (Wildman–Crippen MR) is 127 cm³/mol. The molecule has 0 unspecified atom stereocenters. The van der Waals surface area contributed by atoms with Crippen LogP contribution in [-0.4, -0.2) is 68.6 Å². The van der Waals surface area contributed by atoms with Gasteiger partial charge < -0.3 is 15.2 Å². The van der Waals surface area contributed by atoms with Gasteiger partial charge in [-0.2, -0.15) is 5.10 Å². The van der Waals surface area contributed by atoms with Gasteiger partial charge in [0.05, 0.1) is 36.6 Å². The fraction of sp³-hybridized carbons (Fsp3) is 0.458. The number of benzene rings is 1. The molecule has 0 spiro atoms. The summed E-state index contributed by atoms with van der Waals surface area (Å²) in [7, 11) is 1.77. The van der Waals surface area contributed by atoms with E-state index in [9.17, 15) is 9.90 Å². The van der Waals surface area contributed by atoms with Gasteiger partial charge in [-0.1, -0.05) is 11.6 Å². The molecule has 1 amide bonds. The molecule has 2 aliphatic rings. The number of nitrogens with zero attached hydrogens (tertiary/aromatic N) is 4. The molecule has 0 radical (unpaired) electrons. The molecule has 2 fully saturated rings. The standard InChI is InChI=1S/C24H28ClN5O3/c1-24(14-33-13-21(24)31)30-5-3-15(4-6-30)19-7-16-9-22(26-10-17(16)8-20(19)25)28-23(32)18-11-27-29(2)12-18/h7-12,15,21,31H,3-6,13-14H2,1-2H3,(H,26,28,32)/t21-,24+/m1/s1. The Kier molecular flexibility index (Phi) is 5.86. The largest absolute Gasteiger partial charge is 0.389 e. The van der Waals surface area contributed by atoms with E-state index in [0.29, 0.717) is 30.5 Å². The van der Waals surface area contributed by atoms with Gasteiger partial charge in [-0.3, -0.25) is 14.4 Å². The van der Waals surface area contributed by atoms with Crippen molar-refractivity contribution in [2.75, 3.05) is 31.6 Å². The highest BCUT2D eigenvalue weighted by molar-refractivity contribution is 6.32. The average molecular weight is 470 g/mol. The number of piperidine rings is 1. The van der Waals surface area contributed by atoms with Crippen LogP contribution in [0.2, 0.25) is 5.02 Å². The van der Waals surface area contributed by atoms with Crippen LogP contribution in [0.3, 0.4) is 0 Å². The zero-order valence-corrected chi connectivity index (χ0v) is 19.5. The zero-order valence-electron chi connectivity index (χ0n) is 18.8. The Morgan fingerprint density at radius 2 is 2.03 bits per heavy atom. The van der Waals surface area contributed by atoms with Crippen molar-refractivity contribution in [1.29, 1.82) is 0 Å². The summed E-state index contributed by atoms with van der Waals surface area (Å²) < 4.78 is 7.11. The molecule has 5 rings (SSSR count). The molecule has 2 N–H and O–H groups in total. The van der Waals surface area contributed by atoms with Gasteiger partial charge in [0.1, 0.15) is 5.82 Å². The number of pyridine rings is 1. The third-order valence-electron chi connectivity index (χ3n) is 7.09. The Hall–Kier alpha value is -2.52. The molecule has 8 nitrogen and oxygen atoms in total. The molecule has 2 aromatic heterocycles. The van der Waals surface area contributed by atoms with Crippen molar-refractivity contribution in [3.8, 4) is 0 Å². The van der Waals surface area contributed by atoms with Crippen LogP contribution in [-0.2, 0) is 11.8 Å². The number of fused-ring (bicyclic) bond motifs is 1. The van der Waals surface area contributed by atoms with E-state index < -0.39 is 6.10 Å². The van der Waals surface area contributed by atoms with Crippen LogP contribution in [0.5, 0.6) is 0 Å². The number of nitrogens with one attached hydrogen (secondary N) is 1. The van der Waals surface area contributed by atoms with Crippen LogP contribution in [0.1, 0.15) is 41.6 Å². The summed E-state index contributed by atoms with van der Waals surface area (Å²) in [6.07, 6.45) is 6.39. The van der Waals surface area contributed by atoms with Gasteiger partial charge in [0.25, 0.3) is 5.91 Å². The highest BCUT2D eigenvalue weighted by Crippen LogP contribution is 2.38. The van der Waals surface area contributed by atoms with Crippen molar-refractivity contribution in [3.63, 3.8) is 0 Å². The number of carbonyl (C=O) groups is 1. The van der Waals surface area contributed by atoms with E-state index in [1.165, 1.54) is 6.20 Å². The van der Waals surface area contributed by atoms with E-state index in [4.69, 9.17) is 16.3 Å². The fourth-order valence-corrected chi connectivity index (χ4v) is 5.27. The first-order chi connectivity index (χ1) is 15.8. The van der Waals surface area contributed by atoms with Crippen molar-refractivity contribution in [3.05, 3.63) is 52.9 Å². The third kappa shape index (κ3) is 4.24. The van der Waals surface area contributed by atoms with Gasteiger partial charge >= 0.3 is 0 Å². The van der Waals surface area contributed by atoms with Crippen LogP contribution < -0.4 is 5.32 Å². The number of carbonyl (C=O) groups excluding carboxylic acids is 1. The summed E-state index contributed by atoms with van der Waals surface area (Å²) in [5.41, 5.74) is 1.29. The normalized spacial score (nSPS) is 24.4. The van der Waals surface area contributed by atoms with Gasteiger partial charge in [0.15, 0.2) is 0 Å². The summed E-state index contributed by atoms with van der Waals surface area (Å²) >= 11 is 6.68. The van der Waals surface area contributed by atoms with Gasteiger partial charge in [0, 0.05) is 29.9 Å². The van der Waals surface area contributed by atoms with Crippen molar-refractivity contribution in [2.45, 2.75) is 37.3 Å². The molecule has 33 heavy (non-hydrogen) atoms. The lowest BCUT2D eigenvalue weighted by molar-refractivity contribution is -0.00211. The molecule has 9 heteroatoms. The number of ether oxygens (including phenoxy) is 1. The lowest BCUT2D eigenvalue weighted by atomic mass is 9.85. The summed E-state index contributed by atoms with van der Waals surface area (Å²) in [6.45, 7) is 4.83. The summed E-state index contributed by atoms with van der Waals surface area (Å²) in [5.74, 6) is 0.577. The zero-order chi connectivity index (χ0) is 23.2. The van der Waals surface area contributed by atoms with Crippen molar-refractivity contribution < 1.29 is 14.6 Å². The number of hydrogen-bond acceptors (Lipinski definition) is 6. The van der Waals surface area contributed by atoms with Crippen LogP contribution in [0, 0.1) is 0 Å². The number of aryl methyl sites for hydroxylation is 1. The number of rotatable bonds is 4. The molecule has 2 saturated heterocycles. The maximum atomic E-state index is 12.5. The quantitative estimate of drug-likeness (QED) is 0.609. The Morgan fingerprint density at radius 3 is 2.70 bits per heavy atom. The topological polar surface area (TPSA) is 92.5 Å². The first kappa shape index (κ1) is 22.3. The molecule has 4 heterocycles. The molecule has 174 valence electrons. The lowest BCUT2D eigenvalue weighted by Gasteiger charge is -2.43. The molecule has 2 aliphatic heterocycles. The summed E-state index contributed by atoms with van der Waals surface area (Å²) in [5, 5.41) is 19.9. The number of aromatic nitrogens is 3. The van der Waals surface area contributed by atoms with Gasteiger partial charge in [0.2, 0.25) is 0 Å². The Balaban J connectivity index is 1.33. The molecule has 0 bridgehead atoms. The third-order valence-corrected chi connectivity index (χ3v) is 7.42. The molecule has 3 aromatic rings. The Bertz CT molecular complexity index is 1190. The monoisotopic (exact) mass is 469 g/mol. The maximum Gasteiger partial charge on any atom is 0.260 e. The second-order valence-electron chi connectivity index (χ2n) is 9.30. The predicted octanol–water partition coefficient (Wildman–Crippen LogP) is 3.20. The number of hydrogen-bond donors (Lipinski definition) is 2. The molecule has 2 atom stereocenters. The number of aliphatic hydroxyl groups is 1. The summed E-state index contributed by atoms with van der Waals surface area (Å²) in [6, 6.07) is 5.95. The molecule has 0 aliphatic carbocycles. The molecular formula is C24H28ClN5O3. The number of halogens is 1. The van der Waals surface area contributed by atoms with Gasteiger partial charge in [-0.05, 0) is 67.9 Å². The van der Waals surface area contributed by atoms with Crippen molar-refractivity contribution >= 4 is 34.1 Å². The average Bonchev–Trinajstić information content (AvgIpc) is 3.39. The van der Waals surface area contributed by atoms with Gasteiger partial charge in [-0.25, -0.2) is 4.98 Å². The van der Waals surface area contributed by atoms with Crippen LogP contribution >= 0.6 is 11.6 Å². The van der Waals surface area contributed by atoms with E-state index in [-0.39, 0.29) is 11.4 Å². The maximum absolute atomic E-state index is 12.5. The number of aliphatic hydroxyl groups excluding tert-OH is 1. The minimum atomic E-state index is -0.453. The minimum absolute atomic E-state index is 0.247. The smallest absolute Gasteiger partial charge is 0.260 e. The first-order valence-electron chi connectivity index (χ1n) is 11.2. The van der Waals surface area contributed by atoms with Crippen LogP contribution in [0.4, 0.5) is 5.82 Å². The SMILES string of the molecule is Cn1cc(C(=O)Nc2cc3cc(C4CCN([C@@]5(C)COC[C@H]5O)CC4)c(Cl)cc3cn2)cn1. The summed E-state index contributed by atoms with van der Waals surface area (Å²) in [4.78, 5) is 19.2. The Morgan fingerprint density at radius 1 is 1.24 bits per heavy atom. The van der Waals surface area contributed by atoms with Crippen LogP contribution in [0.15, 0.2) is 36.8 Å². The molecule has 1 aromatic carbocycles. The van der Waals surface area contributed by atoms with Crippen molar-refractivity contribution in [1.82, 2.24) is 19.7 Å². The van der Waals surface area contributed by atoms with Crippen LogP contribution in [0.25, 0.3) is 10.8 Å². The highest BCUT2D eigenvalue weighted by atomic mass is 35.5. The minimum Gasteiger partial charge on any atom is -0.389 e. The molecular weight excluding hydrogens is 442 g/mol. The second kappa shape index (κ2) is 8.68. The molecule has 0 saturated carbocycles. The number of likely N-dealkylation sites (tertiary alicyclic amines) is 1. The first-order valence-corrected chi connectivity index (χ1v) is 11.6. The van der Waals surface area contributed by atoms with Gasteiger partial charge in [-0.15, -0.1) is 0 Å². The fourth-order valence-electron chi connectivity index (χ4n) is 4.95. The highest BCUT2D eigenvalue weighted by Gasteiger charge is 2.45. The lowest BCUT2D eigenvalue weighted by Crippen LogP contribution is -2.56. The van der Waals surface area contributed by atoms with E-state index in [1.54, 1.807) is 24.1 Å². The number of amides is 1. The Labute approximate surface area is 197 Å². The van der Waals surface area contributed by atoms with E-state index in [0.717, 1.165) is 47.3 Å². The van der Waals surface area contributed by atoms with Crippen molar-refractivity contribution in [2.24, 2.45) is 7.05 Å². The van der Waals surface area contributed by atoms with E-state index >= 15 is 0 Å².